The van der Waals surface area contributed by atoms with Crippen LogP contribution in [0.1, 0.15) is 42.6 Å². The zero-order valence-electron chi connectivity index (χ0n) is 17.0. The van der Waals surface area contributed by atoms with E-state index >= 15 is 0 Å². The second kappa shape index (κ2) is 9.87. The number of carbonyl (C=O) groups is 1. The maximum absolute atomic E-state index is 10.6. The number of benzene rings is 1. The van der Waals surface area contributed by atoms with Gasteiger partial charge in [0.25, 0.3) is 0 Å². The summed E-state index contributed by atoms with van der Waals surface area (Å²) in [6, 6.07) is 12.1. The van der Waals surface area contributed by atoms with Crippen LogP contribution in [0.25, 0.3) is 11.4 Å². The van der Waals surface area contributed by atoms with E-state index in [1.165, 1.54) is 0 Å². The first-order valence-electron chi connectivity index (χ1n) is 9.92. The molecule has 3 rings (SSSR count). The average molecular weight is 393 g/mol. The molecule has 2 aromatic heterocycles. The summed E-state index contributed by atoms with van der Waals surface area (Å²) < 4.78 is 8.17. The number of hydrogen-bond donors (Lipinski definition) is 1. The molecule has 0 saturated heterocycles. The third kappa shape index (κ3) is 5.67. The number of hydrogen-bond acceptors (Lipinski definition) is 4. The minimum Gasteiger partial charge on any atom is -0.493 e. The number of aryl methyl sites for hydroxylation is 2. The number of aliphatic carboxylic acids is 1. The first kappa shape index (κ1) is 20.6. The molecule has 0 amide bonds. The Bertz CT molecular complexity index is 948. The summed E-state index contributed by atoms with van der Waals surface area (Å²) in [4.78, 5) is 19.6. The van der Waals surface area contributed by atoms with Gasteiger partial charge in [0.05, 0.1) is 13.2 Å². The minimum absolute atomic E-state index is 0.215. The highest BCUT2D eigenvalue weighted by atomic mass is 16.5. The maximum Gasteiger partial charge on any atom is 0.303 e. The Balaban J connectivity index is 1.69. The van der Waals surface area contributed by atoms with Gasteiger partial charge in [-0.15, -0.1) is 0 Å². The Kier molecular flexibility index (Phi) is 7.00. The number of pyridine rings is 1. The second-order valence-corrected chi connectivity index (χ2v) is 7.16. The number of imidazole rings is 1. The molecule has 0 aliphatic carbocycles. The number of para-hydroxylation sites is 1. The van der Waals surface area contributed by atoms with Crippen molar-refractivity contribution in [2.75, 3.05) is 6.61 Å². The lowest BCUT2D eigenvalue weighted by Crippen LogP contribution is -2.07. The van der Waals surface area contributed by atoms with Gasteiger partial charge in [0, 0.05) is 41.3 Å². The Labute approximate surface area is 171 Å². The number of carboxylic acids is 1. The Morgan fingerprint density at radius 3 is 2.62 bits per heavy atom. The number of rotatable bonds is 10. The van der Waals surface area contributed by atoms with E-state index in [1.54, 1.807) is 0 Å². The first-order chi connectivity index (χ1) is 14.0. The Hall–Kier alpha value is -3.15. The van der Waals surface area contributed by atoms with Crippen LogP contribution >= 0.6 is 0 Å². The first-order valence-corrected chi connectivity index (χ1v) is 9.92. The van der Waals surface area contributed by atoms with E-state index in [2.05, 4.69) is 20.6 Å². The fourth-order valence-corrected chi connectivity index (χ4v) is 3.17. The van der Waals surface area contributed by atoms with Crippen molar-refractivity contribution in [2.24, 2.45) is 0 Å². The van der Waals surface area contributed by atoms with Crippen molar-refractivity contribution in [1.82, 2.24) is 14.5 Å². The molecule has 2 heterocycles. The minimum atomic E-state index is -0.744. The predicted octanol–water partition coefficient (Wildman–Crippen LogP) is 4.63. The monoisotopic (exact) mass is 393 g/mol. The zero-order chi connectivity index (χ0) is 20.6. The molecule has 0 aliphatic rings. The lowest BCUT2D eigenvalue weighted by atomic mass is 10.1. The second-order valence-electron chi connectivity index (χ2n) is 7.16. The van der Waals surface area contributed by atoms with Crippen LogP contribution in [0, 0.1) is 13.8 Å². The van der Waals surface area contributed by atoms with Crippen molar-refractivity contribution >= 4 is 5.97 Å². The molecule has 0 unspecified atom stereocenters. The van der Waals surface area contributed by atoms with Crippen LogP contribution in [0.2, 0.25) is 0 Å². The van der Waals surface area contributed by atoms with Gasteiger partial charge in [0.1, 0.15) is 11.6 Å². The van der Waals surface area contributed by atoms with Gasteiger partial charge in [-0.1, -0.05) is 18.2 Å². The van der Waals surface area contributed by atoms with Crippen LogP contribution in [0.15, 0.2) is 48.8 Å². The summed E-state index contributed by atoms with van der Waals surface area (Å²) in [5.41, 5.74) is 4.12. The quantitative estimate of drug-likeness (QED) is 0.508. The highest BCUT2D eigenvalue weighted by Crippen LogP contribution is 2.25. The van der Waals surface area contributed by atoms with Gasteiger partial charge >= 0.3 is 5.97 Å². The fraction of sp³-hybridized carbons (Fsp3) is 0.348. The predicted molar refractivity (Wildman–Crippen MR) is 112 cm³/mol. The SMILES string of the molecule is Cc1ccc(-c2ncc(C)n2Cc2ccccc2OCCCCCC(=O)O)cn1. The third-order valence-corrected chi connectivity index (χ3v) is 4.82. The zero-order valence-corrected chi connectivity index (χ0v) is 17.0. The molecule has 1 aromatic carbocycles. The van der Waals surface area contributed by atoms with Crippen LogP contribution in [-0.2, 0) is 11.3 Å². The van der Waals surface area contributed by atoms with Gasteiger partial charge < -0.3 is 14.4 Å². The Morgan fingerprint density at radius 2 is 1.86 bits per heavy atom. The van der Waals surface area contributed by atoms with E-state index in [4.69, 9.17) is 9.84 Å². The van der Waals surface area contributed by atoms with Crippen LogP contribution in [0.5, 0.6) is 5.75 Å². The van der Waals surface area contributed by atoms with E-state index in [-0.39, 0.29) is 6.42 Å². The molecular weight excluding hydrogens is 366 g/mol. The van der Waals surface area contributed by atoms with E-state index in [0.717, 1.165) is 46.9 Å². The maximum atomic E-state index is 10.6. The van der Waals surface area contributed by atoms with Crippen molar-refractivity contribution in [3.63, 3.8) is 0 Å². The molecular formula is C23H27N3O3. The van der Waals surface area contributed by atoms with E-state index in [0.29, 0.717) is 19.6 Å². The molecule has 0 bridgehead atoms. The van der Waals surface area contributed by atoms with Gasteiger partial charge in [-0.05, 0) is 51.3 Å². The summed E-state index contributed by atoms with van der Waals surface area (Å²) in [6.07, 6.45) is 6.32. The van der Waals surface area contributed by atoms with Gasteiger partial charge in [-0.25, -0.2) is 4.98 Å². The lowest BCUT2D eigenvalue weighted by Gasteiger charge is -2.15. The van der Waals surface area contributed by atoms with Gasteiger partial charge in [-0.3, -0.25) is 9.78 Å². The normalized spacial score (nSPS) is 10.8. The molecule has 6 nitrogen and oxygen atoms in total. The van der Waals surface area contributed by atoms with Crippen molar-refractivity contribution in [3.8, 4) is 17.1 Å². The van der Waals surface area contributed by atoms with Gasteiger partial charge in [0.2, 0.25) is 0 Å². The van der Waals surface area contributed by atoms with Crippen LogP contribution in [-0.4, -0.2) is 32.2 Å². The summed E-state index contributed by atoms with van der Waals surface area (Å²) in [6.45, 7) is 5.25. The molecule has 0 atom stereocenters. The van der Waals surface area contributed by atoms with Crippen molar-refractivity contribution in [3.05, 3.63) is 65.7 Å². The highest BCUT2D eigenvalue weighted by molar-refractivity contribution is 5.66. The standard InChI is InChI=1S/C23H27N3O3/c1-17-11-12-19(15-24-17)23-25-14-18(2)26(23)16-20-8-5-6-9-21(20)29-13-7-3-4-10-22(27)28/h5-6,8-9,11-12,14-15H,3-4,7,10,13,16H2,1-2H3,(H,27,28). The Morgan fingerprint density at radius 1 is 1.03 bits per heavy atom. The summed E-state index contributed by atoms with van der Waals surface area (Å²) in [7, 11) is 0. The van der Waals surface area contributed by atoms with E-state index < -0.39 is 5.97 Å². The highest BCUT2D eigenvalue weighted by Gasteiger charge is 2.12. The van der Waals surface area contributed by atoms with Gasteiger partial charge in [-0.2, -0.15) is 0 Å². The number of unbranched alkanes of at least 4 members (excludes halogenated alkanes) is 2. The summed E-state index contributed by atoms with van der Waals surface area (Å²) >= 11 is 0. The van der Waals surface area contributed by atoms with Gasteiger partial charge in [0.15, 0.2) is 0 Å². The molecule has 6 heteroatoms. The topological polar surface area (TPSA) is 77.2 Å². The molecule has 0 saturated carbocycles. The third-order valence-electron chi connectivity index (χ3n) is 4.82. The number of nitrogens with zero attached hydrogens (tertiary/aromatic N) is 3. The molecule has 0 spiro atoms. The van der Waals surface area contributed by atoms with E-state index in [9.17, 15) is 4.79 Å². The van der Waals surface area contributed by atoms with Crippen molar-refractivity contribution < 1.29 is 14.6 Å². The number of ether oxygens (including phenoxy) is 1. The molecule has 1 N–H and O–H groups in total. The smallest absolute Gasteiger partial charge is 0.303 e. The molecule has 0 radical (unpaired) electrons. The lowest BCUT2D eigenvalue weighted by molar-refractivity contribution is -0.137. The molecule has 3 aromatic rings. The molecule has 29 heavy (non-hydrogen) atoms. The fourth-order valence-electron chi connectivity index (χ4n) is 3.17. The summed E-state index contributed by atoms with van der Waals surface area (Å²) in [5, 5.41) is 8.70. The molecule has 0 aliphatic heterocycles. The summed E-state index contributed by atoms with van der Waals surface area (Å²) in [5.74, 6) is 0.997. The molecule has 0 fully saturated rings. The number of carboxylic acid groups (broad SMARTS) is 1. The average Bonchev–Trinajstić information content (AvgIpc) is 3.06. The van der Waals surface area contributed by atoms with Crippen LogP contribution < -0.4 is 4.74 Å². The largest absolute Gasteiger partial charge is 0.493 e. The van der Waals surface area contributed by atoms with Crippen LogP contribution in [0.3, 0.4) is 0 Å². The van der Waals surface area contributed by atoms with Crippen molar-refractivity contribution in [2.45, 2.75) is 46.1 Å². The van der Waals surface area contributed by atoms with Crippen molar-refractivity contribution in [1.29, 1.82) is 0 Å². The van der Waals surface area contributed by atoms with Crippen LogP contribution in [0.4, 0.5) is 0 Å². The van der Waals surface area contributed by atoms with E-state index in [1.807, 2.05) is 56.6 Å². The number of aromatic nitrogens is 3. The molecule has 152 valence electrons.